The lowest BCUT2D eigenvalue weighted by atomic mass is 9.89. The zero-order valence-corrected chi connectivity index (χ0v) is 21.9. The molecule has 0 bridgehead atoms. The van der Waals surface area contributed by atoms with Gasteiger partial charge in [0.15, 0.2) is 0 Å². The number of aromatic nitrogens is 4. The Kier molecular flexibility index (Phi) is 8.58. The van der Waals surface area contributed by atoms with Gasteiger partial charge in [-0.2, -0.15) is 44.3 Å². The third kappa shape index (κ3) is 7.29. The summed E-state index contributed by atoms with van der Waals surface area (Å²) in [5.74, 6) is -0.173. The van der Waals surface area contributed by atoms with Gasteiger partial charge in [-0.3, -0.25) is 0 Å². The Labute approximate surface area is 229 Å². The van der Waals surface area contributed by atoms with Gasteiger partial charge in [0.25, 0.3) is 5.95 Å². The first kappa shape index (κ1) is 30.6. The lowest BCUT2D eigenvalue weighted by Gasteiger charge is -2.28. The maximum Gasteiger partial charge on any atom is 0.416 e. The fraction of sp³-hybridized carbons (Fsp3) is 0.500. The normalized spacial score (nSPS) is 15.9. The summed E-state index contributed by atoms with van der Waals surface area (Å²) in [4.78, 5) is 2.20. The molecule has 2 aromatic carbocycles. The highest BCUT2D eigenvalue weighted by atomic mass is 19.4. The Hall–Kier alpha value is -3.36. The molecule has 1 aliphatic rings. The molecule has 0 amide bonds. The highest BCUT2D eigenvalue weighted by Crippen LogP contribution is 2.41. The third-order valence-corrected chi connectivity index (χ3v) is 7.02. The molecule has 1 saturated carbocycles. The predicted octanol–water partition coefficient (Wildman–Crippen LogP) is 7.35. The van der Waals surface area contributed by atoms with Crippen LogP contribution in [0.1, 0.15) is 65.2 Å². The van der Waals surface area contributed by atoms with Gasteiger partial charge in [0.05, 0.1) is 29.8 Å². The van der Waals surface area contributed by atoms with E-state index in [9.17, 15) is 39.5 Å². The van der Waals surface area contributed by atoms with E-state index >= 15 is 0 Å². The Bertz CT molecular complexity index is 1310. The summed E-state index contributed by atoms with van der Waals surface area (Å²) >= 11 is 0. The van der Waals surface area contributed by atoms with Crippen molar-refractivity contribution >= 4 is 5.95 Å². The second-order valence-electron chi connectivity index (χ2n) is 9.96. The smallest absolute Gasteiger partial charge is 0.376 e. The molecule has 0 radical (unpaired) electrons. The van der Waals surface area contributed by atoms with Crippen LogP contribution < -0.4 is 4.90 Å². The van der Waals surface area contributed by atoms with Crippen molar-refractivity contribution in [3.63, 3.8) is 0 Å². The summed E-state index contributed by atoms with van der Waals surface area (Å²) in [6.45, 7) is -0.968. The summed E-state index contributed by atoms with van der Waals surface area (Å²) in [6.07, 6.45) is -12.0. The van der Waals surface area contributed by atoms with Gasteiger partial charge in [-0.15, -0.1) is 5.10 Å². The molecule has 3 aromatic rings. The molecule has 41 heavy (non-hydrogen) atoms. The van der Waals surface area contributed by atoms with Crippen molar-refractivity contribution in [3.05, 3.63) is 69.8 Å². The van der Waals surface area contributed by atoms with E-state index in [2.05, 4.69) is 15.4 Å². The van der Waals surface area contributed by atoms with Gasteiger partial charge >= 0.3 is 18.5 Å². The molecule has 224 valence electrons. The molecule has 1 fully saturated rings. The van der Waals surface area contributed by atoms with Crippen LogP contribution in [0.5, 0.6) is 0 Å². The van der Waals surface area contributed by atoms with E-state index in [1.54, 1.807) is 0 Å². The molecule has 0 aliphatic heterocycles. The van der Waals surface area contributed by atoms with Crippen molar-refractivity contribution in [1.82, 2.24) is 20.2 Å². The monoisotopic (exact) mass is 595 g/mol. The molecule has 1 aliphatic carbocycles. The van der Waals surface area contributed by atoms with E-state index in [0.717, 1.165) is 42.6 Å². The Balaban J connectivity index is 1.81. The number of aryl methyl sites for hydroxylation is 1. The Morgan fingerprint density at radius 1 is 0.854 bits per heavy atom. The fourth-order valence-corrected chi connectivity index (χ4v) is 5.16. The first-order chi connectivity index (χ1) is 19.1. The van der Waals surface area contributed by atoms with E-state index in [0.29, 0.717) is 17.7 Å². The van der Waals surface area contributed by atoms with Crippen LogP contribution in [-0.2, 0) is 43.4 Å². The molecular formula is C26H26F9N5O. The summed E-state index contributed by atoms with van der Waals surface area (Å²) < 4.78 is 128. The third-order valence-electron chi connectivity index (χ3n) is 7.02. The van der Waals surface area contributed by atoms with Crippen LogP contribution in [-0.4, -0.2) is 27.3 Å². The summed E-state index contributed by atoms with van der Waals surface area (Å²) in [5, 5.41) is 11.5. The highest BCUT2D eigenvalue weighted by molar-refractivity contribution is 5.42. The number of hydrogen-bond donors (Lipinski definition) is 0. The molecule has 15 heteroatoms. The van der Waals surface area contributed by atoms with Crippen LogP contribution in [0.4, 0.5) is 45.5 Å². The number of nitrogens with zero attached hydrogens (tertiary/aromatic N) is 5. The minimum absolute atomic E-state index is 0.00407. The number of hydrogen-bond acceptors (Lipinski definition) is 5. The number of methoxy groups -OCH3 is 1. The van der Waals surface area contributed by atoms with E-state index in [1.165, 1.54) is 25.1 Å². The lowest BCUT2D eigenvalue weighted by Crippen LogP contribution is -2.26. The second kappa shape index (κ2) is 11.5. The SMILES string of the molecule is COC(c1ccc(C(F)(F)F)cc1CN(Cc1cc(C(F)(F)F)cc(C(F)(F)F)c1)c1nnn(C)n1)C1CCCC1. The second-order valence-corrected chi connectivity index (χ2v) is 9.96. The van der Waals surface area contributed by atoms with Crippen molar-refractivity contribution in [2.75, 3.05) is 12.0 Å². The van der Waals surface area contributed by atoms with Crippen LogP contribution in [0.15, 0.2) is 36.4 Å². The number of ether oxygens (including phenoxy) is 1. The van der Waals surface area contributed by atoms with Gasteiger partial charge in [-0.1, -0.05) is 24.0 Å². The van der Waals surface area contributed by atoms with Crippen molar-refractivity contribution in [1.29, 1.82) is 0 Å². The van der Waals surface area contributed by atoms with Crippen LogP contribution in [0.3, 0.4) is 0 Å². The molecule has 0 N–H and O–H groups in total. The van der Waals surface area contributed by atoms with Crippen molar-refractivity contribution in [2.45, 2.75) is 63.4 Å². The average Bonchev–Trinajstić information content (AvgIpc) is 3.55. The van der Waals surface area contributed by atoms with Crippen LogP contribution in [0.2, 0.25) is 0 Å². The Morgan fingerprint density at radius 3 is 1.93 bits per heavy atom. The molecule has 1 aromatic heterocycles. The molecule has 0 saturated heterocycles. The van der Waals surface area contributed by atoms with Crippen molar-refractivity contribution in [3.8, 4) is 0 Å². The first-order valence-corrected chi connectivity index (χ1v) is 12.6. The molecule has 1 atom stereocenters. The number of rotatable bonds is 8. The molecule has 6 nitrogen and oxygen atoms in total. The van der Waals surface area contributed by atoms with E-state index < -0.39 is 53.4 Å². The molecule has 4 rings (SSSR count). The van der Waals surface area contributed by atoms with Crippen LogP contribution >= 0.6 is 0 Å². The summed E-state index contributed by atoms with van der Waals surface area (Å²) in [6, 6.07) is 4.26. The minimum atomic E-state index is -5.08. The van der Waals surface area contributed by atoms with Gasteiger partial charge in [0.2, 0.25) is 0 Å². The highest BCUT2D eigenvalue weighted by Gasteiger charge is 2.38. The van der Waals surface area contributed by atoms with Crippen molar-refractivity contribution in [2.24, 2.45) is 13.0 Å². The van der Waals surface area contributed by atoms with E-state index in [1.807, 2.05) is 0 Å². The first-order valence-electron chi connectivity index (χ1n) is 12.6. The number of benzene rings is 2. The predicted molar refractivity (Wildman–Crippen MR) is 128 cm³/mol. The number of halogens is 9. The van der Waals surface area contributed by atoms with Gasteiger partial charge in [0.1, 0.15) is 0 Å². The van der Waals surface area contributed by atoms with Crippen molar-refractivity contribution < 1.29 is 44.3 Å². The maximum atomic E-state index is 13.7. The van der Waals surface area contributed by atoms with Crippen LogP contribution in [0, 0.1) is 5.92 Å². The summed E-state index contributed by atoms with van der Waals surface area (Å²) in [7, 11) is 2.82. The molecule has 1 unspecified atom stereocenters. The van der Waals surface area contributed by atoms with E-state index in [-0.39, 0.29) is 30.0 Å². The number of alkyl halides is 9. The zero-order valence-electron chi connectivity index (χ0n) is 21.9. The minimum Gasteiger partial charge on any atom is -0.376 e. The van der Waals surface area contributed by atoms with Gasteiger partial charge in [-0.05, 0) is 71.0 Å². The van der Waals surface area contributed by atoms with Gasteiger partial charge < -0.3 is 9.64 Å². The number of anilines is 1. The zero-order chi connectivity index (χ0) is 30.2. The van der Waals surface area contributed by atoms with Gasteiger partial charge in [0, 0.05) is 20.2 Å². The maximum absolute atomic E-state index is 13.7. The summed E-state index contributed by atoms with van der Waals surface area (Å²) in [5.41, 5.74) is -3.85. The Morgan fingerprint density at radius 2 is 1.44 bits per heavy atom. The standard InChI is InChI=1S/C26H26F9N5O/c1-39-37-23(36-38-39)40(13-15-9-19(25(30,31)32)12-20(10-15)26(33,34)35)14-17-11-18(24(27,28)29)7-8-21(17)22(41-2)16-5-3-4-6-16/h7-12,16,22H,3-6,13-14H2,1-2H3. The molecular weight excluding hydrogens is 569 g/mol. The molecule has 0 spiro atoms. The largest absolute Gasteiger partial charge is 0.416 e. The quantitative estimate of drug-likeness (QED) is 0.255. The van der Waals surface area contributed by atoms with E-state index in [4.69, 9.17) is 4.74 Å². The van der Waals surface area contributed by atoms with Gasteiger partial charge in [-0.25, -0.2) is 0 Å². The topological polar surface area (TPSA) is 56.1 Å². The average molecular weight is 596 g/mol. The fourth-order valence-electron chi connectivity index (χ4n) is 5.16. The van der Waals surface area contributed by atoms with Crippen LogP contribution in [0.25, 0.3) is 0 Å². The number of tetrazole rings is 1. The lowest BCUT2D eigenvalue weighted by molar-refractivity contribution is -0.143. The molecule has 1 heterocycles.